The van der Waals surface area contributed by atoms with E-state index in [1.807, 2.05) is 12.1 Å². The van der Waals surface area contributed by atoms with Crippen molar-refractivity contribution >= 4 is 5.96 Å². The van der Waals surface area contributed by atoms with Crippen molar-refractivity contribution in [3.05, 3.63) is 24.2 Å². The average Bonchev–Trinajstić information content (AvgIpc) is 3.07. The molecular formula is C18H27N3O2. The van der Waals surface area contributed by atoms with Gasteiger partial charge in [0.25, 0.3) is 0 Å². The predicted octanol–water partition coefficient (Wildman–Crippen LogP) is 2.43. The number of aliphatic imine (C=N–C) groups is 1. The van der Waals surface area contributed by atoms with Crippen LogP contribution >= 0.6 is 0 Å². The number of guanidine groups is 1. The number of rotatable bonds is 4. The fourth-order valence-electron chi connectivity index (χ4n) is 3.70. The van der Waals surface area contributed by atoms with E-state index in [0.717, 1.165) is 51.0 Å². The van der Waals surface area contributed by atoms with Gasteiger partial charge in [-0.15, -0.1) is 0 Å². The van der Waals surface area contributed by atoms with Crippen LogP contribution in [0.3, 0.4) is 0 Å². The van der Waals surface area contributed by atoms with Gasteiger partial charge in [0.2, 0.25) is 0 Å². The quantitative estimate of drug-likeness (QED) is 0.684. The average molecular weight is 317 g/mol. The Morgan fingerprint density at radius 2 is 2.17 bits per heavy atom. The monoisotopic (exact) mass is 317 g/mol. The summed E-state index contributed by atoms with van der Waals surface area (Å²) in [6.45, 7) is 4.90. The van der Waals surface area contributed by atoms with Gasteiger partial charge in [-0.1, -0.05) is 0 Å². The molecule has 0 bridgehead atoms. The highest BCUT2D eigenvalue weighted by Crippen LogP contribution is 2.39. The van der Waals surface area contributed by atoms with Gasteiger partial charge in [0.05, 0.1) is 6.26 Å². The normalized spacial score (nSPS) is 24.3. The van der Waals surface area contributed by atoms with Crippen LogP contribution in [0.15, 0.2) is 27.8 Å². The van der Waals surface area contributed by atoms with Gasteiger partial charge in [-0.25, -0.2) is 0 Å². The molecular weight excluding hydrogens is 290 g/mol. The largest absolute Gasteiger partial charge is 0.469 e. The zero-order valence-corrected chi connectivity index (χ0v) is 13.8. The van der Waals surface area contributed by atoms with Crippen LogP contribution in [-0.2, 0) is 11.2 Å². The summed E-state index contributed by atoms with van der Waals surface area (Å²) in [5, 5.41) is 3.65. The third-order valence-corrected chi connectivity index (χ3v) is 5.40. The van der Waals surface area contributed by atoms with Gasteiger partial charge in [0, 0.05) is 45.3 Å². The second kappa shape index (κ2) is 6.56. The molecule has 1 aromatic rings. The van der Waals surface area contributed by atoms with E-state index in [1.54, 1.807) is 6.26 Å². The van der Waals surface area contributed by atoms with Crippen LogP contribution in [0.1, 0.15) is 37.9 Å². The Balaban J connectivity index is 1.39. The number of nitrogens with one attached hydrogen (secondary N) is 1. The molecule has 3 aliphatic rings. The van der Waals surface area contributed by atoms with Gasteiger partial charge in [0.15, 0.2) is 5.96 Å². The van der Waals surface area contributed by atoms with Crippen molar-refractivity contribution in [2.75, 3.05) is 32.8 Å². The summed E-state index contributed by atoms with van der Waals surface area (Å²) >= 11 is 0. The smallest absolute Gasteiger partial charge is 0.194 e. The van der Waals surface area contributed by atoms with Crippen LogP contribution in [0.25, 0.3) is 0 Å². The van der Waals surface area contributed by atoms with Crippen molar-refractivity contribution in [3.63, 3.8) is 0 Å². The molecule has 1 spiro atoms. The van der Waals surface area contributed by atoms with E-state index in [2.05, 4.69) is 10.2 Å². The molecule has 0 unspecified atom stereocenters. The topological polar surface area (TPSA) is 50.0 Å². The molecule has 1 aliphatic carbocycles. The minimum absolute atomic E-state index is 0.464. The Morgan fingerprint density at radius 3 is 2.91 bits per heavy atom. The molecule has 0 aromatic carbocycles. The highest BCUT2D eigenvalue weighted by Gasteiger charge is 2.41. The van der Waals surface area contributed by atoms with Gasteiger partial charge in [0.1, 0.15) is 5.76 Å². The lowest BCUT2D eigenvalue weighted by Gasteiger charge is -2.33. The van der Waals surface area contributed by atoms with E-state index < -0.39 is 0 Å². The van der Waals surface area contributed by atoms with Gasteiger partial charge in [-0.2, -0.15) is 0 Å². The molecule has 4 rings (SSSR count). The second-order valence-electron chi connectivity index (χ2n) is 7.24. The zero-order valence-electron chi connectivity index (χ0n) is 13.8. The maximum absolute atomic E-state index is 5.56. The molecule has 5 nitrogen and oxygen atoms in total. The number of hydrogen-bond donors (Lipinski definition) is 1. The molecule has 2 aliphatic heterocycles. The van der Waals surface area contributed by atoms with E-state index in [-0.39, 0.29) is 0 Å². The summed E-state index contributed by atoms with van der Waals surface area (Å²) in [5.74, 6) is 2.13. The molecule has 23 heavy (non-hydrogen) atoms. The number of ether oxygens (including phenoxy) is 1. The first-order valence-corrected chi connectivity index (χ1v) is 8.99. The van der Waals surface area contributed by atoms with Crippen LogP contribution < -0.4 is 5.32 Å². The van der Waals surface area contributed by atoms with Gasteiger partial charge in [-0.3, -0.25) is 4.99 Å². The van der Waals surface area contributed by atoms with E-state index in [9.17, 15) is 0 Å². The standard InChI is InChI=1S/C18H27N3O2/c1-2-16(23-11-1)5-9-19-17(20-15-3-4-15)21-10-6-18(14-21)7-12-22-13-8-18/h1-2,11,15H,3-10,12-14H2,(H,19,20). The number of hydrogen-bond acceptors (Lipinski definition) is 3. The molecule has 126 valence electrons. The fraction of sp³-hybridized carbons (Fsp3) is 0.722. The lowest BCUT2D eigenvalue weighted by Crippen LogP contribution is -2.43. The predicted molar refractivity (Wildman–Crippen MR) is 89.5 cm³/mol. The molecule has 1 N–H and O–H groups in total. The molecule has 0 amide bonds. The van der Waals surface area contributed by atoms with Crippen molar-refractivity contribution in [1.82, 2.24) is 10.2 Å². The lowest BCUT2D eigenvalue weighted by atomic mass is 9.80. The molecule has 0 atom stereocenters. The molecule has 2 saturated heterocycles. The summed E-state index contributed by atoms with van der Waals surface area (Å²) < 4.78 is 11.0. The number of furan rings is 1. The van der Waals surface area contributed by atoms with Crippen LogP contribution in [0.2, 0.25) is 0 Å². The van der Waals surface area contributed by atoms with Crippen LogP contribution in [0.5, 0.6) is 0 Å². The van der Waals surface area contributed by atoms with Crippen LogP contribution in [0.4, 0.5) is 0 Å². The highest BCUT2D eigenvalue weighted by molar-refractivity contribution is 5.81. The second-order valence-corrected chi connectivity index (χ2v) is 7.24. The molecule has 1 aromatic heterocycles. The Morgan fingerprint density at radius 1 is 1.30 bits per heavy atom. The van der Waals surface area contributed by atoms with Crippen LogP contribution in [0, 0.1) is 5.41 Å². The molecule has 1 saturated carbocycles. The Hall–Kier alpha value is -1.49. The number of likely N-dealkylation sites (tertiary alicyclic amines) is 1. The van der Waals surface area contributed by atoms with Crippen molar-refractivity contribution in [2.24, 2.45) is 10.4 Å². The lowest BCUT2D eigenvalue weighted by molar-refractivity contribution is 0.0217. The van der Waals surface area contributed by atoms with E-state index in [4.69, 9.17) is 14.1 Å². The molecule has 3 heterocycles. The minimum atomic E-state index is 0.464. The summed E-state index contributed by atoms with van der Waals surface area (Å²) in [7, 11) is 0. The molecule has 3 fully saturated rings. The number of nitrogens with zero attached hydrogens (tertiary/aromatic N) is 2. The zero-order chi connectivity index (χ0) is 15.5. The fourth-order valence-corrected chi connectivity index (χ4v) is 3.70. The summed E-state index contributed by atoms with van der Waals surface area (Å²) in [6, 6.07) is 4.61. The van der Waals surface area contributed by atoms with E-state index >= 15 is 0 Å². The van der Waals surface area contributed by atoms with Crippen molar-refractivity contribution < 1.29 is 9.15 Å². The first kappa shape index (κ1) is 15.1. The van der Waals surface area contributed by atoms with E-state index in [0.29, 0.717) is 11.5 Å². The maximum Gasteiger partial charge on any atom is 0.194 e. The third-order valence-electron chi connectivity index (χ3n) is 5.40. The minimum Gasteiger partial charge on any atom is -0.469 e. The van der Waals surface area contributed by atoms with Gasteiger partial charge < -0.3 is 19.4 Å². The van der Waals surface area contributed by atoms with E-state index in [1.165, 1.54) is 32.1 Å². The first-order valence-electron chi connectivity index (χ1n) is 8.99. The molecule has 5 heteroatoms. The Kier molecular flexibility index (Phi) is 4.29. The van der Waals surface area contributed by atoms with Crippen molar-refractivity contribution in [3.8, 4) is 0 Å². The van der Waals surface area contributed by atoms with Gasteiger partial charge >= 0.3 is 0 Å². The summed E-state index contributed by atoms with van der Waals surface area (Å²) in [4.78, 5) is 7.36. The Labute approximate surface area is 138 Å². The van der Waals surface area contributed by atoms with Gasteiger partial charge in [-0.05, 0) is 49.7 Å². The summed E-state index contributed by atoms with van der Waals surface area (Å²) in [5.41, 5.74) is 0.464. The summed E-state index contributed by atoms with van der Waals surface area (Å²) in [6.07, 6.45) is 8.85. The first-order chi connectivity index (χ1) is 11.3. The maximum atomic E-state index is 5.56. The molecule has 0 radical (unpaired) electrons. The Bertz CT molecular complexity index is 530. The van der Waals surface area contributed by atoms with Crippen molar-refractivity contribution in [2.45, 2.75) is 44.6 Å². The third kappa shape index (κ3) is 3.71. The highest BCUT2D eigenvalue weighted by atomic mass is 16.5. The van der Waals surface area contributed by atoms with Crippen molar-refractivity contribution in [1.29, 1.82) is 0 Å². The SMILES string of the molecule is c1coc(CCN=C(NC2CC2)N2CCC3(CCOCC3)C2)c1. The van der Waals surface area contributed by atoms with Crippen LogP contribution in [-0.4, -0.2) is 49.7 Å².